The molecule has 1 nitrogen and oxygen atoms in total. The highest BCUT2D eigenvalue weighted by Crippen LogP contribution is 2.24. The summed E-state index contributed by atoms with van der Waals surface area (Å²) in [6, 6.07) is 3.85. The van der Waals surface area contributed by atoms with E-state index in [9.17, 15) is 0 Å². The zero-order valence-corrected chi connectivity index (χ0v) is 8.57. The summed E-state index contributed by atoms with van der Waals surface area (Å²) < 4.78 is 0. The molecule has 0 unspecified atom stereocenters. The van der Waals surface area contributed by atoms with Gasteiger partial charge in [0.2, 0.25) is 0 Å². The fourth-order valence-electron chi connectivity index (χ4n) is 1.33. The first-order valence-corrected chi connectivity index (χ1v) is 4.47. The smallest absolute Gasteiger partial charge is 0.0763 e. The molecule has 1 aromatic rings. The van der Waals surface area contributed by atoms with E-state index in [1.807, 2.05) is 26.0 Å². The van der Waals surface area contributed by atoms with Crippen LogP contribution < -0.4 is 5.32 Å². The van der Waals surface area contributed by atoms with Crippen LogP contribution in [0.4, 0.5) is 5.69 Å². The second-order valence-corrected chi connectivity index (χ2v) is 3.41. The van der Waals surface area contributed by atoms with Gasteiger partial charge >= 0.3 is 0 Å². The van der Waals surface area contributed by atoms with Gasteiger partial charge in [0.15, 0.2) is 0 Å². The van der Waals surface area contributed by atoms with Crippen LogP contribution in [0.2, 0.25) is 5.02 Å². The Morgan fingerprint density at radius 3 is 2.38 bits per heavy atom. The molecule has 0 amide bonds. The zero-order valence-electron chi connectivity index (χ0n) is 7.82. The molecule has 1 rings (SSSR count). The summed E-state index contributed by atoms with van der Waals surface area (Å²) in [5.41, 5.74) is 3.34. The van der Waals surface area contributed by atoms with Crippen LogP contribution in [0.25, 0.3) is 0 Å². The van der Waals surface area contributed by atoms with E-state index in [2.05, 4.69) is 11.2 Å². The lowest BCUT2D eigenvalue weighted by Crippen LogP contribution is -2.02. The average molecular weight is 194 g/mol. The molecule has 68 valence electrons. The van der Waals surface area contributed by atoms with Gasteiger partial charge in [-0.25, -0.2) is 0 Å². The minimum Gasteiger partial charge on any atom is -0.374 e. The van der Waals surface area contributed by atoms with E-state index >= 15 is 0 Å². The standard InChI is InChI=1S/C11H12ClN/c1-4-5-13-11-8(2)6-10(12)7-9(11)3/h1,6-7,13H,5H2,2-3H3. The van der Waals surface area contributed by atoms with Crippen molar-refractivity contribution in [2.24, 2.45) is 0 Å². The van der Waals surface area contributed by atoms with Crippen molar-refractivity contribution in [2.45, 2.75) is 13.8 Å². The van der Waals surface area contributed by atoms with E-state index in [4.69, 9.17) is 18.0 Å². The Bertz CT molecular complexity index is 327. The Kier molecular flexibility index (Phi) is 3.22. The number of anilines is 1. The minimum absolute atomic E-state index is 0.545. The molecule has 1 N–H and O–H groups in total. The summed E-state index contributed by atoms with van der Waals surface area (Å²) >= 11 is 5.89. The van der Waals surface area contributed by atoms with Crippen LogP contribution >= 0.6 is 11.6 Å². The first-order chi connectivity index (χ1) is 6.15. The van der Waals surface area contributed by atoms with Crippen molar-refractivity contribution in [2.75, 3.05) is 11.9 Å². The van der Waals surface area contributed by atoms with Crippen LogP contribution in [0.3, 0.4) is 0 Å². The monoisotopic (exact) mass is 193 g/mol. The number of hydrogen-bond donors (Lipinski definition) is 1. The predicted octanol–water partition coefficient (Wildman–Crippen LogP) is 3.00. The Morgan fingerprint density at radius 2 is 1.92 bits per heavy atom. The highest BCUT2D eigenvalue weighted by Gasteiger charge is 2.02. The van der Waals surface area contributed by atoms with Crippen LogP contribution in [0.1, 0.15) is 11.1 Å². The van der Waals surface area contributed by atoms with Crippen molar-refractivity contribution in [3.63, 3.8) is 0 Å². The van der Waals surface area contributed by atoms with Gasteiger partial charge in [0, 0.05) is 10.7 Å². The van der Waals surface area contributed by atoms with E-state index < -0.39 is 0 Å². The third-order valence-electron chi connectivity index (χ3n) is 1.86. The quantitative estimate of drug-likeness (QED) is 0.713. The number of benzene rings is 1. The molecule has 0 aliphatic rings. The summed E-state index contributed by atoms with van der Waals surface area (Å²) in [4.78, 5) is 0. The molecule has 0 bridgehead atoms. The second kappa shape index (κ2) is 4.20. The third-order valence-corrected chi connectivity index (χ3v) is 2.08. The topological polar surface area (TPSA) is 12.0 Å². The lowest BCUT2D eigenvalue weighted by Gasteiger charge is -2.10. The summed E-state index contributed by atoms with van der Waals surface area (Å²) in [7, 11) is 0. The first-order valence-electron chi connectivity index (χ1n) is 4.09. The predicted molar refractivity (Wildman–Crippen MR) is 58.2 cm³/mol. The number of halogens is 1. The van der Waals surface area contributed by atoms with E-state index in [1.165, 1.54) is 0 Å². The van der Waals surface area contributed by atoms with E-state index in [1.54, 1.807) is 0 Å². The molecule has 0 aliphatic heterocycles. The SMILES string of the molecule is C#CCNc1c(C)cc(Cl)cc1C. The molecule has 0 heterocycles. The Hall–Kier alpha value is -1.13. The highest BCUT2D eigenvalue weighted by atomic mass is 35.5. The van der Waals surface area contributed by atoms with Crippen LogP contribution in [-0.4, -0.2) is 6.54 Å². The van der Waals surface area contributed by atoms with Crippen LogP contribution in [0.15, 0.2) is 12.1 Å². The zero-order chi connectivity index (χ0) is 9.84. The lowest BCUT2D eigenvalue weighted by molar-refractivity contribution is 1.29. The molecule has 0 aliphatic carbocycles. The molecule has 0 atom stereocenters. The van der Waals surface area contributed by atoms with E-state index in [0.29, 0.717) is 6.54 Å². The largest absolute Gasteiger partial charge is 0.374 e. The molecule has 0 radical (unpaired) electrons. The lowest BCUT2D eigenvalue weighted by atomic mass is 10.1. The van der Waals surface area contributed by atoms with Gasteiger partial charge in [0.1, 0.15) is 0 Å². The maximum atomic E-state index is 5.89. The Labute approximate surface area is 84.1 Å². The Morgan fingerprint density at radius 1 is 1.38 bits per heavy atom. The third kappa shape index (κ3) is 2.40. The molecule has 13 heavy (non-hydrogen) atoms. The van der Waals surface area contributed by atoms with Crippen molar-refractivity contribution >= 4 is 17.3 Å². The number of terminal acetylenes is 1. The average Bonchev–Trinajstić information content (AvgIpc) is 2.02. The van der Waals surface area contributed by atoms with Crippen molar-refractivity contribution < 1.29 is 0 Å². The van der Waals surface area contributed by atoms with Crippen LogP contribution in [0.5, 0.6) is 0 Å². The van der Waals surface area contributed by atoms with Gasteiger partial charge in [-0.15, -0.1) is 6.42 Å². The number of nitrogens with one attached hydrogen (secondary N) is 1. The normalized spacial score (nSPS) is 9.38. The summed E-state index contributed by atoms with van der Waals surface area (Å²) in [5, 5.41) is 3.93. The molecular weight excluding hydrogens is 182 g/mol. The molecule has 0 spiro atoms. The number of hydrogen-bond acceptors (Lipinski definition) is 1. The van der Waals surface area contributed by atoms with Gasteiger partial charge in [0.05, 0.1) is 6.54 Å². The molecule has 0 saturated carbocycles. The number of aryl methyl sites for hydroxylation is 2. The summed E-state index contributed by atoms with van der Waals surface area (Å²) in [5.74, 6) is 2.54. The summed E-state index contributed by atoms with van der Waals surface area (Å²) in [6.07, 6.45) is 5.17. The van der Waals surface area contributed by atoms with Gasteiger partial charge in [-0.05, 0) is 37.1 Å². The van der Waals surface area contributed by atoms with Crippen LogP contribution in [0, 0.1) is 26.2 Å². The molecule has 0 aromatic heterocycles. The van der Waals surface area contributed by atoms with Gasteiger partial charge in [-0.1, -0.05) is 17.5 Å². The maximum Gasteiger partial charge on any atom is 0.0763 e. The van der Waals surface area contributed by atoms with E-state index in [-0.39, 0.29) is 0 Å². The van der Waals surface area contributed by atoms with Gasteiger partial charge in [-0.2, -0.15) is 0 Å². The Balaban J connectivity index is 3.00. The van der Waals surface area contributed by atoms with Gasteiger partial charge < -0.3 is 5.32 Å². The van der Waals surface area contributed by atoms with Gasteiger partial charge in [0.25, 0.3) is 0 Å². The van der Waals surface area contributed by atoms with Crippen molar-refractivity contribution in [1.82, 2.24) is 0 Å². The molecule has 0 saturated heterocycles. The highest BCUT2D eigenvalue weighted by molar-refractivity contribution is 6.30. The second-order valence-electron chi connectivity index (χ2n) is 2.97. The maximum absolute atomic E-state index is 5.89. The first kappa shape index (κ1) is 9.95. The van der Waals surface area contributed by atoms with Crippen molar-refractivity contribution in [3.8, 4) is 12.3 Å². The van der Waals surface area contributed by atoms with Crippen LogP contribution in [-0.2, 0) is 0 Å². The van der Waals surface area contributed by atoms with E-state index in [0.717, 1.165) is 21.8 Å². The fourth-order valence-corrected chi connectivity index (χ4v) is 1.66. The summed E-state index contributed by atoms with van der Waals surface area (Å²) in [6.45, 7) is 4.57. The minimum atomic E-state index is 0.545. The van der Waals surface area contributed by atoms with Crippen molar-refractivity contribution in [3.05, 3.63) is 28.3 Å². The molecular formula is C11H12ClN. The number of rotatable bonds is 2. The molecule has 0 fully saturated rings. The fraction of sp³-hybridized carbons (Fsp3) is 0.273. The molecule has 1 aromatic carbocycles. The van der Waals surface area contributed by atoms with Crippen molar-refractivity contribution in [1.29, 1.82) is 0 Å². The molecule has 2 heteroatoms. The van der Waals surface area contributed by atoms with Gasteiger partial charge in [-0.3, -0.25) is 0 Å².